The summed E-state index contributed by atoms with van der Waals surface area (Å²) in [4.78, 5) is 24.4. The van der Waals surface area contributed by atoms with Crippen LogP contribution in [0.3, 0.4) is 0 Å². The Morgan fingerprint density at radius 3 is 2.40 bits per heavy atom. The SMILES string of the molecule is CCc1ccccc1NC(=O)COC(=O)c1ccc(S(=O)(=O)N2CCOCC2)cc1. The lowest BCUT2D eigenvalue weighted by Crippen LogP contribution is -2.40. The number of hydrogen-bond acceptors (Lipinski definition) is 6. The first-order valence-corrected chi connectivity index (χ1v) is 11.1. The fraction of sp³-hybridized carbons (Fsp3) is 0.333. The van der Waals surface area contributed by atoms with Crippen LogP contribution in [0.2, 0.25) is 0 Å². The van der Waals surface area contributed by atoms with Crippen LogP contribution in [0, 0.1) is 0 Å². The van der Waals surface area contributed by atoms with E-state index in [2.05, 4.69) is 5.32 Å². The molecule has 2 aromatic rings. The van der Waals surface area contributed by atoms with Gasteiger partial charge in [0, 0.05) is 18.8 Å². The number of carbonyl (C=O) groups excluding carboxylic acids is 2. The summed E-state index contributed by atoms with van der Waals surface area (Å²) in [6.07, 6.45) is 0.760. The van der Waals surface area contributed by atoms with Gasteiger partial charge in [0.05, 0.1) is 23.7 Å². The minimum Gasteiger partial charge on any atom is -0.452 e. The maximum Gasteiger partial charge on any atom is 0.338 e. The Labute approximate surface area is 175 Å². The molecule has 1 saturated heterocycles. The van der Waals surface area contributed by atoms with Crippen molar-refractivity contribution in [1.29, 1.82) is 0 Å². The molecule has 3 rings (SSSR count). The number of esters is 1. The maximum atomic E-state index is 12.6. The highest BCUT2D eigenvalue weighted by Crippen LogP contribution is 2.18. The third kappa shape index (κ3) is 5.24. The first kappa shape index (κ1) is 21.9. The van der Waals surface area contributed by atoms with Crippen LogP contribution < -0.4 is 5.32 Å². The minimum atomic E-state index is -3.63. The normalized spacial score (nSPS) is 14.8. The van der Waals surface area contributed by atoms with Gasteiger partial charge >= 0.3 is 5.97 Å². The van der Waals surface area contributed by atoms with Gasteiger partial charge in [-0.2, -0.15) is 4.31 Å². The van der Waals surface area contributed by atoms with Crippen LogP contribution in [0.15, 0.2) is 53.4 Å². The molecule has 0 unspecified atom stereocenters. The van der Waals surface area contributed by atoms with Gasteiger partial charge in [0.15, 0.2) is 6.61 Å². The molecule has 0 aromatic heterocycles. The smallest absolute Gasteiger partial charge is 0.338 e. The van der Waals surface area contributed by atoms with E-state index >= 15 is 0 Å². The van der Waals surface area contributed by atoms with E-state index in [1.165, 1.54) is 28.6 Å². The van der Waals surface area contributed by atoms with Crippen LogP contribution in [-0.2, 0) is 30.7 Å². The molecular weight excluding hydrogens is 408 g/mol. The summed E-state index contributed by atoms with van der Waals surface area (Å²) in [5.74, 6) is -1.15. The van der Waals surface area contributed by atoms with Crippen molar-refractivity contribution in [2.24, 2.45) is 0 Å². The summed E-state index contributed by atoms with van der Waals surface area (Å²) >= 11 is 0. The lowest BCUT2D eigenvalue weighted by Gasteiger charge is -2.26. The Morgan fingerprint density at radius 2 is 1.73 bits per heavy atom. The molecule has 0 atom stereocenters. The number of amides is 1. The molecule has 160 valence electrons. The lowest BCUT2D eigenvalue weighted by molar-refractivity contribution is -0.119. The van der Waals surface area contributed by atoms with Crippen LogP contribution >= 0.6 is 0 Å². The number of aryl methyl sites for hydroxylation is 1. The van der Waals surface area contributed by atoms with Crippen molar-refractivity contribution in [3.8, 4) is 0 Å². The van der Waals surface area contributed by atoms with Gasteiger partial charge in [-0.15, -0.1) is 0 Å². The number of carbonyl (C=O) groups is 2. The van der Waals surface area contributed by atoms with E-state index < -0.39 is 28.5 Å². The third-order valence-corrected chi connectivity index (χ3v) is 6.62. The average Bonchev–Trinajstić information content (AvgIpc) is 2.78. The molecule has 1 fully saturated rings. The Hall–Kier alpha value is -2.75. The van der Waals surface area contributed by atoms with Gasteiger partial charge in [-0.25, -0.2) is 13.2 Å². The summed E-state index contributed by atoms with van der Waals surface area (Å²) in [5.41, 5.74) is 1.82. The molecule has 1 aliphatic heterocycles. The van der Waals surface area contributed by atoms with Crippen molar-refractivity contribution in [3.05, 3.63) is 59.7 Å². The summed E-state index contributed by atoms with van der Waals surface area (Å²) in [5, 5.41) is 2.72. The lowest BCUT2D eigenvalue weighted by atomic mass is 10.1. The Balaban J connectivity index is 1.57. The molecule has 0 radical (unpaired) electrons. The number of ether oxygens (including phenoxy) is 2. The number of nitrogens with one attached hydrogen (secondary N) is 1. The van der Waals surface area contributed by atoms with Crippen molar-refractivity contribution < 1.29 is 27.5 Å². The Morgan fingerprint density at radius 1 is 1.07 bits per heavy atom. The Bertz CT molecular complexity index is 998. The van der Waals surface area contributed by atoms with Crippen LogP contribution in [0.5, 0.6) is 0 Å². The van der Waals surface area contributed by atoms with E-state index in [1.807, 2.05) is 25.1 Å². The highest BCUT2D eigenvalue weighted by molar-refractivity contribution is 7.89. The van der Waals surface area contributed by atoms with E-state index in [1.54, 1.807) is 6.07 Å². The van der Waals surface area contributed by atoms with Crippen molar-refractivity contribution >= 4 is 27.6 Å². The van der Waals surface area contributed by atoms with Gasteiger partial charge in [-0.1, -0.05) is 25.1 Å². The van der Waals surface area contributed by atoms with Crippen LogP contribution in [0.25, 0.3) is 0 Å². The minimum absolute atomic E-state index is 0.0925. The zero-order valence-corrected chi connectivity index (χ0v) is 17.5. The third-order valence-electron chi connectivity index (χ3n) is 4.70. The van der Waals surface area contributed by atoms with Crippen LogP contribution in [0.4, 0.5) is 5.69 Å². The molecule has 9 heteroatoms. The van der Waals surface area contributed by atoms with Gasteiger partial charge in [0.25, 0.3) is 5.91 Å². The molecule has 1 heterocycles. The van der Waals surface area contributed by atoms with Gasteiger partial charge in [0.2, 0.25) is 10.0 Å². The van der Waals surface area contributed by atoms with Crippen molar-refractivity contribution in [2.75, 3.05) is 38.2 Å². The van der Waals surface area contributed by atoms with Crippen molar-refractivity contribution in [3.63, 3.8) is 0 Å². The Kier molecular flexibility index (Phi) is 7.20. The molecule has 8 nitrogen and oxygen atoms in total. The first-order valence-electron chi connectivity index (χ1n) is 9.64. The fourth-order valence-electron chi connectivity index (χ4n) is 3.05. The standard InChI is InChI=1S/C21H24N2O6S/c1-2-16-5-3-4-6-19(16)22-20(24)15-29-21(25)17-7-9-18(10-8-17)30(26,27)23-11-13-28-14-12-23/h3-10H,2,11-15H2,1H3,(H,22,24). The molecule has 0 bridgehead atoms. The van der Waals surface area contributed by atoms with E-state index in [0.717, 1.165) is 12.0 Å². The summed E-state index contributed by atoms with van der Waals surface area (Å²) in [6, 6.07) is 12.9. The van der Waals surface area contributed by atoms with E-state index in [-0.39, 0.29) is 10.5 Å². The van der Waals surface area contributed by atoms with Gasteiger partial charge < -0.3 is 14.8 Å². The number of benzene rings is 2. The number of rotatable bonds is 7. The molecule has 1 amide bonds. The molecule has 1 aliphatic rings. The van der Waals surface area contributed by atoms with Crippen molar-refractivity contribution in [2.45, 2.75) is 18.2 Å². The molecule has 2 aromatic carbocycles. The number of sulfonamides is 1. The monoisotopic (exact) mass is 432 g/mol. The molecule has 1 N–H and O–H groups in total. The largest absolute Gasteiger partial charge is 0.452 e. The molecular formula is C21H24N2O6S. The summed E-state index contributed by atoms with van der Waals surface area (Å²) in [6.45, 7) is 2.84. The number of anilines is 1. The quantitative estimate of drug-likeness (QED) is 0.672. The van der Waals surface area contributed by atoms with E-state index in [9.17, 15) is 18.0 Å². The molecule has 0 aliphatic carbocycles. The van der Waals surface area contributed by atoms with Gasteiger partial charge in [-0.05, 0) is 42.3 Å². The average molecular weight is 432 g/mol. The van der Waals surface area contributed by atoms with Crippen molar-refractivity contribution in [1.82, 2.24) is 4.31 Å². The zero-order chi connectivity index (χ0) is 21.6. The van der Waals surface area contributed by atoms with Crippen LogP contribution in [0.1, 0.15) is 22.8 Å². The second-order valence-corrected chi connectivity index (χ2v) is 8.61. The van der Waals surface area contributed by atoms with Gasteiger partial charge in [0.1, 0.15) is 0 Å². The number of hydrogen-bond donors (Lipinski definition) is 1. The maximum absolute atomic E-state index is 12.6. The van der Waals surface area contributed by atoms with E-state index in [4.69, 9.17) is 9.47 Å². The van der Waals surface area contributed by atoms with Crippen LogP contribution in [-0.4, -0.2) is 57.5 Å². The second-order valence-electron chi connectivity index (χ2n) is 6.68. The molecule has 0 spiro atoms. The number of morpholine rings is 1. The second kappa shape index (κ2) is 9.84. The first-order chi connectivity index (χ1) is 14.4. The summed E-state index contributed by atoms with van der Waals surface area (Å²) in [7, 11) is -3.63. The fourth-order valence-corrected chi connectivity index (χ4v) is 4.46. The molecule has 30 heavy (non-hydrogen) atoms. The summed E-state index contributed by atoms with van der Waals surface area (Å²) < 4.78 is 36.8. The zero-order valence-electron chi connectivity index (χ0n) is 16.7. The van der Waals surface area contributed by atoms with E-state index in [0.29, 0.717) is 32.0 Å². The predicted octanol–water partition coefficient (Wildman–Crippen LogP) is 2.07. The predicted molar refractivity (Wildman–Crippen MR) is 111 cm³/mol. The number of nitrogens with zero attached hydrogens (tertiary/aromatic N) is 1. The molecule has 0 saturated carbocycles. The highest BCUT2D eigenvalue weighted by atomic mass is 32.2. The topological polar surface area (TPSA) is 102 Å². The number of para-hydroxylation sites is 1. The highest BCUT2D eigenvalue weighted by Gasteiger charge is 2.26. The van der Waals surface area contributed by atoms with Gasteiger partial charge in [-0.3, -0.25) is 4.79 Å².